The molecular formula is C12H11Cl2N3O. The average Bonchev–Trinajstić information content (AvgIpc) is 2.28. The summed E-state index contributed by atoms with van der Waals surface area (Å²) < 4.78 is 0. The Hall–Kier alpha value is -1.36. The molecule has 1 aromatic heterocycles. The van der Waals surface area contributed by atoms with Crippen LogP contribution in [-0.2, 0) is 0 Å². The van der Waals surface area contributed by atoms with Gasteiger partial charge in [-0.05, 0) is 19.1 Å². The summed E-state index contributed by atoms with van der Waals surface area (Å²) in [4.78, 5) is 18.5. The van der Waals surface area contributed by atoms with Crippen molar-refractivity contribution >= 4 is 23.2 Å². The smallest absolute Gasteiger partial charge is 0.251 e. The van der Waals surface area contributed by atoms with Crippen molar-refractivity contribution in [3.63, 3.8) is 0 Å². The summed E-state index contributed by atoms with van der Waals surface area (Å²) in [6.07, 6.45) is 0. The minimum absolute atomic E-state index is 0.289. The van der Waals surface area contributed by atoms with E-state index in [4.69, 9.17) is 28.9 Å². The molecule has 1 unspecified atom stereocenters. The maximum absolute atomic E-state index is 11.6. The zero-order chi connectivity index (χ0) is 13.3. The first kappa shape index (κ1) is 13.1. The van der Waals surface area contributed by atoms with E-state index in [1.165, 1.54) is 6.07 Å². The lowest BCUT2D eigenvalue weighted by atomic mass is 10.2. The molecule has 0 bridgehead atoms. The van der Waals surface area contributed by atoms with Crippen LogP contribution in [0.1, 0.15) is 18.7 Å². The fourth-order valence-corrected chi connectivity index (χ4v) is 2.13. The maximum Gasteiger partial charge on any atom is 0.251 e. The van der Waals surface area contributed by atoms with Gasteiger partial charge in [-0.25, -0.2) is 4.98 Å². The molecule has 1 heterocycles. The molecule has 0 aliphatic heterocycles. The van der Waals surface area contributed by atoms with Crippen molar-refractivity contribution in [3.8, 4) is 11.4 Å². The summed E-state index contributed by atoms with van der Waals surface area (Å²) in [7, 11) is 0. The molecule has 4 nitrogen and oxygen atoms in total. The Labute approximate surface area is 114 Å². The van der Waals surface area contributed by atoms with E-state index in [2.05, 4.69) is 9.97 Å². The average molecular weight is 284 g/mol. The van der Waals surface area contributed by atoms with Crippen LogP contribution in [-0.4, -0.2) is 9.97 Å². The second-order valence-corrected chi connectivity index (χ2v) is 4.72. The monoisotopic (exact) mass is 283 g/mol. The third kappa shape index (κ3) is 2.56. The summed E-state index contributed by atoms with van der Waals surface area (Å²) in [6.45, 7) is 1.75. The van der Waals surface area contributed by atoms with Crippen molar-refractivity contribution in [2.24, 2.45) is 5.73 Å². The maximum atomic E-state index is 11.6. The highest BCUT2D eigenvalue weighted by Gasteiger charge is 2.13. The molecule has 0 saturated heterocycles. The number of nitrogens with two attached hydrogens (primary N) is 1. The molecular weight excluding hydrogens is 273 g/mol. The zero-order valence-electron chi connectivity index (χ0n) is 9.58. The molecule has 2 aromatic rings. The normalized spacial score (nSPS) is 12.4. The molecule has 1 aromatic carbocycles. The molecule has 0 radical (unpaired) electrons. The zero-order valence-corrected chi connectivity index (χ0v) is 11.1. The highest BCUT2D eigenvalue weighted by Crippen LogP contribution is 2.32. The van der Waals surface area contributed by atoms with Crippen LogP contribution in [0.5, 0.6) is 0 Å². The number of aromatic amines is 1. The molecule has 0 aliphatic carbocycles. The fourth-order valence-electron chi connectivity index (χ4n) is 1.55. The summed E-state index contributed by atoms with van der Waals surface area (Å²) in [5.41, 5.74) is 6.43. The number of nitrogens with zero attached hydrogens (tertiary/aromatic N) is 1. The Morgan fingerprint density at radius 1 is 1.33 bits per heavy atom. The van der Waals surface area contributed by atoms with Gasteiger partial charge in [-0.1, -0.05) is 29.3 Å². The van der Waals surface area contributed by atoms with Gasteiger partial charge < -0.3 is 10.7 Å². The number of aromatic nitrogens is 2. The predicted octanol–water partition coefficient (Wildman–Crippen LogP) is 2.76. The molecule has 6 heteroatoms. The molecule has 0 fully saturated rings. The molecule has 0 aliphatic rings. The van der Waals surface area contributed by atoms with Crippen molar-refractivity contribution in [2.45, 2.75) is 13.0 Å². The van der Waals surface area contributed by atoms with Gasteiger partial charge in [0.1, 0.15) is 5.82 Å². The Kier molecular flexibility index (Phi) is 3.71. The Balaban J connectivity index is 2.68. The summed E-state index contributed by atoms with van der Waals surface area (Å²) in [5, 5.41) is 0.847. The Bertz CT molecular complexity index is 617. The van der Waals surface area contributed by atoms with Gasteiger partial charge >= 0.3 is 0 Å². The van der Waals surface area contributed by atoms with Crippen molar-refractivity contribution < 1.29 is 0 Å². The lowest BCUT2D eigenvalue weighted by Gasteiger charge is -2.09. The van der Waals surface area contributed by atoms with Crippen LogP contribution in [0.4, 0.5) is 0 Å². The van der Waals surface area contributed by atoms with Crippen LogP contribution >= 0.6 is 23.2 Å². The number of H-pyrrole nitrogens is 1. The molecule has 0 saturated carbocycles. The summed E-state index contributed by atoms with van der Waals surface area (Å²) in [5.74, 6) is 0.324. The lowest BCUT2D eigenvalue weighted by Crippen LogP contribution is -2.16. The topological polar surface area (TPSA) is 71.8 Å². The van der Waals surface area contributed by atoms with Crippen molar-refractivity contribution in [2.75, 3.05) is 0 Å². The third-order valence-corrected chi connectivity index (χ3v) is 3.06. The quantitative estimate of drug-likeness (QED) is 0.890. The Morgan fingerprint density at radius 2 is 1.94 bits per heavy atom. The van der Waals surface area contributed by atoms with Gasteiger partial charge in [0.15, 0.2) is 0 Å². The minimum atomic E-state index is -0.340. The number of hydrogen-bond acceptors (Lipinski definition) is 3. The van der Waals surface area contributed by atoms with Gasteiger partial charge in [-0.15, -0.1) is 0 Å². The highest BCUT2D eigenvalue weighted by atomic mass is 35.5. The van der Waals surface area contributed by atoms with Crippen molar-refractivity contribution in [1.82, 2.24) is 9.97 Å². The number of halogens is 2. The van der Waals surface area contributed by atoms with Crippen LogP contribution in [0.2, 0.25) is 10.0 Å². The van der Waals surface area contributed by atoms with E-state index in [0.717, 1.165) is 0 Å². The lowest BCUT2D eigenvalue weighted by molar-refractivity contribution is 0.773. The van der Waals surface area contributed by atoms with Gasteiger partial charge in [0.05, 0.1) is 21.3 Å². The Morgan fingerprint density at radius 3 is 2.50 bits per heavy atom. The van der Waals surface area contributed by atoms with Crippen LogP contribution in [0.3, 0.4) is 0 Å². The molecule has 1 atom stereocenters. The molecule has 3 N–H and O–H groups in total. The van der Waals surface area contributed by atoms with E-state index in [9.17, 15) is 4.79 Å². The van der Waals surface area contributed by atoms with Crippen molar-refractivity contribution in [1.29, 1.82) is 0 Å². The predicted molar refractivity (Wildman–Crippen MR) is 72.9 cm³/mol. The number of hydrogen-bond donors (Lipinski definition) is 2. The standard InChI is InChI=1S/C12H11Cl2N3O/c1-6(15)9-5-10(18)17-12(16-9)11-7(13)3-2-4-8(11)14/h2-6H,15H2,1H3,(H,16,17,18). The van der Waals surface area contributed by atoms with Crippen LogP contribution in [0.25, 0.3) is 11.4 Å². The number of nitrogens with one attached hydrogen (secondary N) is 1. The van der Waals surface area contributed by atoms with Crippen LogP contribution in [0.15, 0.2) is 29.1 Å². The SMILES string of the molecule is CC(N)c1cc(=O)[nH]c(-c2c(Cl)cccc2Cl)n1. The molecule has 0 spiro atoms. The number of benzene rings is 1. The van der Waals surface area contributed by atoms with Crippen LogP contribution in [0, 0.1) is 0 Å². The van der Waals surface area contributed by atoms with Gasteiger partial charge in [-0.2, -0.15) is 0 Å². The first-order valence-electron chi connectivity index (χ1n) is 5.30. The van der Waals surface area contributed by atoms with E-state index >= 15 is 0 Å². The largest absolute Gasteiger partial charge is 0.323 e. The van der Waals surface area contributed by atoms with Gasteiger partial charge in [0.2, 0.25) is 0 Å². The molecule has 18 heavy (non-hydrogen) atoms. The number of rotatable bonds is 2. The van der Waals surface area contributed by atoms with E-state index in [1.54, 1.807) is 25.1 Å². The second kappa shape index (κ2) is 5.10. The van der Waals surface area contributed by atoms with E-state index < -0.39 is 0 Å². The first-order valence-corrected chi connectivity index (χ1v) is 6.06. The van der Waals surface area contributed by atoms with Crippen molar-refractivity contribution in [3.05, 3.63) is 50.4 Å². The van der Waals surface area contributed by atoms with Crippen LogP contribution < -0.4 is 11.3 Å². The minimum Gasteiger partial charge on any atom is -0.323 e. The van der Waals surface area contributed by atoms with Gasteiger partial charge in [0.25, 0.3) is 5.56 Å². The molecule has 2 rings (SSSR count). The van der Waals surface area contributed by atoms with Gasteiger partial charge in [-0.3, -0.25) is 4.79 Å². The highest BCUT2D eigenvalue weighted by molar-refractivity contribution is 6.38. The third-order valence-electron chi connectivity index (χ3n) is 2.43. The summed E-state index contributed by atoms with van der Waals surface area (Å²) in [6, 6.07) is 6.11. The first-order chi connectivity index (χ1) is 8.49. The van der Waals surface area contributed by atoms with E-state index in [0.29, 0.717) is 27.1 Å². The van der Waals surface area contributed by atoms with Gasteiger partial charge in [0, 0.05) is 12.1 Å². The molecule has 0 amide bonds. The second-order valence-electron chi connectivity index (χ2n) is 3.90. The van der Waals surface area contributed by atoms with E-state index in [-0.39, 0.29) is 11.6 Å². The molecule has 94 valence electrons. The summed E-state index contributed by atoms with van der Waals surface area (Å²) >= 11 is 12.1. The fraction of sp³-hybridized carbons (Fsp3) is 0.167. The van der Waals surface area contributed by atoms with E-state index in [1.807, 2.05) is 0 Å².